The van der Waals surface area contributed by atoms with E-state index in [0.29, 0.717) is 17.8 Å². The molecule has 1 aliphatic heterocycles. The Balaban J connectivity index is 1.84. The summed E-state index contributed by atoms with van der Waals surface area (Å²) in [6.07, 6.45) is 0. The van der Waals surface area contributed by atoms with Gasteiger partial charge in [0.2, 0.25) is 0 Å². The predicted molar refractivity (Wildman–Crippen MR) is 106 cm³/mol. The van der Waals surface area contributed by atoms with Gasteiger partial charge in [0.05, 0.1) is 4.90 Å². The smallest absolute Gasteiger partial charge is 0.261 e. The number of sulfonamides is 1. The molecule has 1 heterocycles. The van der Waals surface area contributed by atoms with Gasteiger partial charge in [-0.2, -0.15) is 0 Å². The van der Waals surface area contributed by atoms with Crippen LogP contribution in [0.3, 0.4) is 0 Å². The van der Waals surface area contributed by atoms with Gasteiger partial charge in [-0.3, -0.25) is 9.52 Å². The molecule has 2 atom stereocenters. The molecule has 2 aromatic rings. The van der Waals surface area contributed by atoms with Gasteiger partial charge < -0.3 is 10.2 Å². The Morgan fingerprint density at radius 2 is 1.85 bits per heavy atom. The van der Waals surface area contributed by atoms with Crippen LogP contribution in [0.5, 0.6) is 0 Å². The number of carbonyl (C=O) groups excluding carboxylic acids is 1. The second-order valence-corrected chi connectivity index (χ2v) is 8.66. The second-order valence-electron chi connectivity index (χ2n) is 6.98. The zero-order valence-electron chi connectivity index (χ0n) is 15.8. The Kier molecular flexibility index (Phi) is 5.53. The number of rotatable bonds is 4. The van der Waals surface area contributed by atoms with Crippen LogP contribution in [0.4, 0.5) is 5.69 Å². The third-order valence-electron chi connectivity index (χ3n) is 4.99. The van der Waals surface area contributed by atoms with E-state index in [-0.39, 0.29) is 22.9 Å². The molecule has 0 spiro atoms. The topological polar surface area (TPSA) is 78.5 Å². The van der Waals surface area contributed by atoms with Gasteiger partial charge in [-0.25, -0.2) is 8.42 Å². The monoisotopic (exact) mass is 387 g/mol. The van der Waals surface area contributed by atoms with Gasteiger partial charge in [-0.1, -0.05) is 23.8 Å². The molecule has 0 bridgehead atoms. The van der Waals surface area contributed by atoms with Crippen LogP contribution in [0.1, 0.15) is 29.8 Å². The minimum absolute atomic E-state index is 0.0391. The highest BCUT2D eigenvalue weighted by Crippen LogP contribution is 2.20. The van der Waals surface area contributed by atoms with E-state index in [2.05, 4.69) is 10.0 Å². The fraction of sp³-hybridized carbons (Fsp3) is 0.350. The van der Waals surface area contributed by atoms with E-state index in [1.165, 1.54) is 12.1 Å². The van der Waals surface area contributed by atoms with Crippen molar-refractivity contribution in [2.24, 2.45) is 0 Å². The molecule has 6 nitrogen and oxygen atoms in total. The molecule has 0 aromatic heterocycles. The lowest BCUT2D eigenvalue weighted by atomic mass is 10.1. The number of carbonyl (C=O) groups is 1. The Hall–Kier alpha value is -2.38. The maximum absolute atomic E-state index is 12.9. The summed E-state index contributed by atoms with van der Waals surface area (Å²) in [5.41, 5.74) is 1.91. The first-order chi connectivity index (χ1) is 12.8. The molecule has 3 rings (SSSR count). The number of piperazine rings is 1. The molecule has 27 heavy (non-hydrogen) atoms. The summed E-state index contributed by atoms with van der Waals surface area (Å²) in [6.45, 7) is 7.29. The molecular formula is C20H25N3O3S. The van der Waals surface area contributed by atoms with Crippen molar-refractivity contribution in [3.8, 4) is 0 Å². The molecular weight excluding hydrogens is 362 g/mol. The second kappa shape index (κ2) is 7.70. The van der Waals surface area contributed by atoms with Gasteiger partial charge in [0.1, 0.15) is 0 Å². The Bertz CT molecular complexity index is 926. The highest BCUT2D eigenvalue weighted by atomic mass is 32.2. The number of amides is 1. The fourth-order valence-electron chi connectivity index (χ4n) is 3.14. The zero-order valence-corrected chi connectivity index (χ0v) is 16.6. The summed E-state index contributed by atoms with van der Waals surface area (Å²) in [5.74, 6) is -0.150. The molecule has 2 unspecified atom stereocenters. The third kappa shape index (κ3) is 4.31. The van der Waals surface area contributed by atoms with Gasteiger partial charge in [0, 0.05) is 36.4 Å². The Labute approximate surface area is 160 Å². The van der Waals surface area contributed by atoms with Gasteiger partial charge in [0.25, 0.3) is 15.9 Å². The summed E-state index contributed by atoms with van der Waals surface area (Å²) < 4.78 is 28.0. The van der Waals surface area contributed by atoms with Crippen LogP contribution in [-0.4, -0.2) is 44.4 Å². The van der Waals surface area contributed by atoms with Crippen LogP contribution in [-0.2, 0) is 10.0 Å². The third-order valence-corrected chi connectivity index (χ3v) is 6.37. The first-order valence-electron chi connectivity index (χ1n) is 9.02. The Morgan fingerprint density at radius 3 is 2.56 bits per heavy atom. The average molecular weight is 388 g/mol. The van der Waals surface area contributed by atoms with Crippen LogP contribution in [0.2, 0.25) is 0 Å². The van der Waals surface area contributed by atoms with Crippen molar-refractivity contribution in [3.05, 3.63) is 59.7 Å². The van der Waals surface area contributed by atoms with E-state index in [4.69, 9.17) is 0 Å². The number of hydrogen-bond acceptors (Lipinski definition) is 4. The van der Waals surface area contributed by atoms with Crippen molar-refractivity contribution in [3.63, 3.8) is 0 Å². The normalized spacial score (nSPS) is 20.3. The van der Waals surface area contributed by atoms with E-state index in [0.717, 1.165) is 12.1 Å². The van der Waals surface area contributed by atoms with E-state index in [9.17, 15) is 13.2 Å². The summed E-state index contributed by atoms with van der Waals surface area (Å²) in [4.78, 5) is 14.8. The van der Waals surface area contributed by atoms with Crippen molar-refractivity contribution < 1.29 is 13.2 Å². The summed E-state index contributed by atoms with van der Waals surface area (Å²) >= 11 is 0. The fourth-order valence-corrected chi connectivity index (χ4v) is 4.25. The van der Waals surface area contributed by atoms with Crippen LogP contribution in [0, 0.1) is 6.92 Å². The summed E-state index contributed by atoms with van der Waals surface area (Å²) in [7, 11) is -3.77. The van der Waals surface area contributed by atoms with Gasteiger partial charge in [-0.15, -0.1) is 0 Å². The number of nitrogens with one attached hydrogen (secondary N) is 2. The zero-order chi connectivity index (χ0) is 19.6. The highest BCUT2D eigenvalue weighted by Gasteiger charge is 2.29. The SMILES string of the molecule is Cc1ccc(NS(=O)(=O)c2cccc(C(=O)N3CCNC(C)C3C)c2)cc1. The maximum Gasteiger partial charge on any atom is 0.261 e. The van der Waals surface area contributed by atoms with Gasteiger partial charge in [-0.05, 0) is 51.1 Å². The Morgan fingerprint density at radius 1 is 1.15 bits per heavy atom. The summed E-state index contributed by atoms with van der Waals surface area (Å²) in [6, 6.07) is 13.5. The van der Waals surface area contributed by atoms with Crippen molar-refractivity contribution in [1.82, 2.24) is 10.2 Å². The predicted octanol–water partition coefficient (Wildman–Crippen LogP) is 2.62. The molecule has 0 aliphatic carbocycles. The molecule has 144 valence electrons. The lowest BCUT2D eigenvalue weighted by Gasteiger charge is -2.38. The number of anilines is 1. The minimum atomic E-state index is -3.77. The van der Waals surface area contributed by atoms with Crippen LogP contribution >= 0.6 is 0 Å². The van der Waals surface area contributed by atoms with E-state index >= 15 is 0 Å². The first kappa shape index (κ1) is 19.4. The summed E-state index contributed by atoms with van der Waals surface area (Å²) in [5, 5.41) is 3.34. The molecule has 2 N–H and O–H groups in total. The number of nitrogens with zero attached hydrogens (tertiary/aromatic N) is 1. The molecule has 1 amide bonds. The maximum atomic E-state index is 12.9. The highest BCUT2D eigenvalue weighted by molar-refractivity contribution is 7.92. The van der Waals surface area contributed by atoms with Crippen molar-refractivity contribution in [1.29, 1.82) is 0 Å². The van der Waals surface area contributed by atoms with Crippen molar-refractivity contribution in [2.45, 2.75) is 37.8 Å². The van der Waals surface area contributed by atoms with Crippen molar-refractivity contribution >= 4 is 21.6 Å². The van der Waals surface area contributed by atoms with Gasteiger partial charge in [0.15, 0.2) is 0 Å². The van der Waals surface area contributed by atoms with E-state index in [1.54, 1.807) is 29.2 Å². The molecule has 2 aromatic carbocycles. The van der Waals surface area contributed by atoms with Crippen LogP contribution < -0.4 is 10.0 Å². The number of aryl methyl sites for hydroxylation is 1. The molecule has 1 fully saturated rings. The lowest BCUT2D eigenvalue weighted by molar-refractivity contribution is 0.0602. The molecule has 7 heteroatoms. The largest absolute Gasteiger partial charge is 0.333 e. The van der Waals surface area contributed by atoms with E-state index in [1.807, 2.05) is 32.9 Å². The number of hydrogen-bond donors (Lipinski definition) is 2. The van der Waals surface area contributed by atoms with Gasteiger partial charge >= 0.3 is 0 Å². The minimum Gasteiger partial charge on any atom is -0.333 e. The van der Waals surface area contributed by atoms with Crippen molar-refractivity contribution in [2.75, 3.05) is 17.8 Å². The average Bonchev–Trinajstić information content (AvgIpc) is 2.65. The van der Waals surface area contributed by atoms with Crippen LogP contribution in [0.25, 0.3) is 0 Å². The molecule has 0 radical (unpaired) electrons. The molecule has 1 saturated heterocycles. The lowest BCUT2D eigenvalue weighted by Crippen LogP contribution is -2.57. The molecule has 0 saturated carbocycles. The molecule has 1 aliphatic rings. The first-order valence-corrected chi connectivity index (χ1v) is 10.5. The quantitative estimate of drug-likeness (QED) is 0.845. The van der Waals surface area contributed by atoms with Crippen LogP contribution in [0.15, 0.2) is 53.4 Å². The number of benzene rings is 2. The standard InChI is InChI=1S/C20H25N3O3S/c1-14-7-9-18(10-8-14)22-27(25,26)19-6-4-5-17(13-19)20(24)23-12-11-21-15(2)16(23)3/h4-10,13,15-16,21-22H,11-12H2,1-3H3. The van der Waals surface area contributed by atoms with E-state index < -0.39 is 10.0 Å².